The van der Waals surface area contributed by atoms with Crippen molar-refractivity contribution >= 4 is 38.1 Å². The summed E-state index contributed by atoms with van der Waals surface area (Å²) in [4.78, 5) is 0. The molecule has 0 fully saturated rings. The van der Waals surface area contributed by atoms with Gasteiger partial charge in [0.05, 0.1) is 0 Å². The number of halogens is 2. The molecule has 1 aliphatic carbocycles. The van der Waals surface area contributed by atoms with E-state index >= 15 is 0 Å². The second kappa shape index (κ2) is 9.10. The summed E-state index contributed by atoms with van der Waals surface area (Å²) in [6, 6.07) is 6.80. The molecular formula is C19H30Cl2OSiTi. The minimum atomic E-state index is -1.29. The van der Waals surface area contributed by atoms with Gasteiger partial charge in [0.1, 0.15) is 0 Å². The second-order valence-electron chi connectivity index (χ2n) is 8.24. The maximum Gasteiger partial charge on any atom is -0.147 e. The SMILES string of the molecule is Cc1cc([O][Ti][C]2=C(C(C)(C)C)C=CC2)cc([Si](C)(C)C)c1.Cl.Cl. The molecule has 0 radical (unpaired) electrons. The fourth-order valence-corrected chi connectivity index (χ4v) is 5.66. The van der Waals surface area contributed by atoms with Crippen molar-refractivity contribution in [1.82, 2.24) is 0 Å². The van der Waals surface area contributed by atoms with E-state index in [0.29, 0.717) is 0 Å². The fraction of sp³-hybridized carbons (Fsp3) is 0.474. The van der Waals surface area contributed by atoms with Gasteiger partial charge in [-0.1, -0.05) is 0 Å². The molecule has 5 heteroatoms. The molecule has 24 heavy (non-hydrogen) atoms. The molecule has 0 heterocycles. The van der Waals surface area contributed by atoms with E-state index in [1.54, 1.807) is 3.88 Å². The number of aryl methyl sites for hydroxylation is 1. The van der Waals surface area contributed by atoms with Crippen LogP contribution in [-0.4, -0.2) is 8.07 Å². The summed E-state index contributed by atoms with van der Waals surface area (Å²) >= 11 is -0.543. The van der Waals surface area contributed by atoms with Gasteiger partial charge in [0.25, 0.3) is 0 Å². The zero-order valence-corrected chi connectivity index (χ0v) is 20.0. The van der Waals surface area contributed by atoms with Gasteiger partial charge in [-0.3, -0.25) is 0 Å². The Morgan fingerprint density at radius 2 is 1.67 bits per heavy atom. The summed E-state index contributed by atoms with van der Waals surface area (Å²) < 4.78 is 7.83. The predicted octanol–water partition coefficient (Wildman–Crippen LogP) is 6.02. The van der Waals surface area contributed by atoms with Gasteiger partial charge in [0, 0.05) is 0 Å². The van der Waals surface area contributed by atoms with Gasteiger partial charge in [0.2, 0.25) is 0 Å². The Kier molecular flexibility index (Phi) is 9.10. The molecule has 0 N–H and O–H groups in total. The quantitative estimate of drug-likeness (QED) is 0.541. The van der Waals surface area contributed by atoms with Crippen LogP contribution < -0.4 is 8.51 Å². The third-order valence-electron chi connectivity index (χ3n) is 3.95. The second-order valence-corrected chi connectivity index (χ2v) is 14.9. The van der Waals surface area contributed by atoms with Crippen LogP contribution in [0.1, 0.15) is 32.8 Å². The summed E-state index contributed by atoms with van der Waals surface area (Å²) in [6.07, 6.45) is 5.66. The van der Waals surface area contributed by atoms with Crippen molar-refractivity contribution in [3.63, 3.8) is 0 Å². The van der Waals surface area contributed by atoms with Crippen molar-refractivity contribution in [2.24, 2.45) is 5.41 Å². The molecule has 1 nitrogen and oxygen atoms in total. The molecule has 0 aromatic heterocycles. The topological polar surface area (TPSA) is 9.23 Å². The van der Waals surface area contributed by atoms with Crippen molar-refractivity contribution in [3.05, 3.63) is 45.4 Å². The molecular weight excluding hydrogens is 391 g/mol. The Hall–Kier alpha value is 0.0112. The predicted molar refractivity (Wildman–Crippen MR) is 110 cm³/mol. The molecule has 2 rings (SSSR count). The van der Waals surface area contributed by atoms with Gasteiger partial charge >= 0.3 is 146 Å². The van der Waals surface area contributed by atoms with E-state index in [4.69, 9.17) is 3.32 Å². The maximum absolute atomic E-state index is 6.28. The molecule has 0 aliphatic heterocycles. The Morgan fingerprint density at radius 3 is 2.21 bits per heavy atom. The van der Waals surface area contributed by atoms with Crippen LogP contribution in [0.25, 0.3) is 0 Å². The first-order valence-electron chi connectivity index (χ1n) is 8.02. The first-order valence-corrected chi connectivity index (χ1v) is 12.9. The molecule has 0 bridgehead atoms. The van der Waals surface area contributed by atoms with E-state index in [1.165, 1.54) is 16.3 Å². The Morgan fingerprint density at radius 1 is 1.04 bits per heavy atom. The zero-order chi connectivity index (χ0) is 16.5. The van der Waals surface area contributed by atoms with Crippen LogP contribution in [0.2, 0.25) is 19.6 Å². The van der Waals surface area contributed by atoms with E-state index in [9.17, 15) is 0 Å². The molecule has 1 aliphatic rings. The first-order chi connectivity index (χ1) is 10.1. The van der Waals surface area contributed by atoms with Crippen LogP contribution >= 0.6 is 24.8 Å². The third kappa shape index (κ3) is 6.39. The van der Waals surface area contributed by atoms with Crippen LogP contribution in [0, 0.1) is 12.3 Å². The van der Waals surface area contributed by atoms with Gasteiger partial charge < -0.3 is 0 Å². The van der Waals surface area contributed by atoms with Gasteiger partial charge in [0.15, 0.2) is 0 Å². The van der Waals surface area contributed by atoms with E-state index in [0.717, 1.165) is 12.2 Å². The van der Waals surface area contributed by atoms with E-state index in [2.05, 4.69) is 77.7 Å². The van der Waals surface area contributed by atoms with E-state index in [1.807, 2.05) is 0 Å². The maximum atomic E-state index is 6.28. The van der Waals surface area contributed by atoms with Gasteiger partial charge in [-0.15, -0.1) is 24.8 Å². The Balaban J connectivity index is 0.00000264. The summed E-state index contributed by atoms with van der Waals surface area (Å²) in [5.41, 5.74) is 3.03. The van der Waals surface area contributed by atoms with Crippen molar-refractivity contribution < 1.29 is 22.9 Å². The van der Waals surface area contributed by atoms with Crippen LogP contribution in [-0.2, 0) is 19.5 Å². The van der Waals surface area contributed by atoms with Gasteiger partial charge in [-0.2, -0.15) is 0 Å². The summed E-state index contributed by atoms with van der Waals surface area (Å²) in [5, 5.41) is 1.49. The number of hydrogen-bond donors (Lipinski definition) is 0. The Bertz CT molecular complexity index is 625. The van der Waals surface area contributed by atoms with E-state index < -0.39 is 27.6 Å². The first kappa shape index (κ1) is 24.0. The summed E-state index contributed by atoms with van der Waals surface area (Å²) in [6.45, 7) is 16.2. The average molecular weight is 421 g/mol. The standard InChI is InChI=1S/C10H16OSi.C9H13.2ClH.Ti/c1-8-5-9(11)7-10(6-8)12(2,3)4;1-9(2,3)8-6-4-5-7-8;;;/h5-7,11H,1-4H3;4,6H,5H2,1-3H3;2*1H;/q;;;;+1/p-1. The normalized spacial score (nSPS) is 14.1. The number of hydrogen-bond acceptors (Lipinski definition) is 1. The van der Waals surface area contributed by atoms with Crippen LogP contribution in [0.5, 0.6) is 5.75 Å². The largest absolute Gasteiger partial charge is 0.147 e. The van der Waals surface area contributed by atoms with Crippen LogP contribution in [0.3, 0.4) is 0 Å². The molecule has 0 amide bonds. The zero-order valence-electron chi connectivity index (χ0n) is 15.8. The monoisotopic (exact) mass is 420 g/mol. The molecule has 0 spiro atoms. The number of allylic oxidation sites excluding steroid dienone is 4. The molecule has 1 aromatic rings. The van der Waals surface area contributed by atoms with Crippen LogP contribution in [0.15, 0.2) is 39.8 Å². The molecule has 1 aromatic carbocycles. The fourth-order valence-electron chi connectivity index (χ4n) is 2.66. The van der Waals surface area contributed by atoms with Crippen molar-refractivity contribution in [2.45, 2.75) is 53.8 Å². The molecule has 0 atom stereocenters. The third-order valence-corrected chi connectivity index (χ3v) is 7.62. The molecule has 0 saturated heterocycles. The average Bonchev–Trinajstić information content (AvgIpc) is 2.83. The van der Waals surface area contributed by atoms with Crippen molar-refractivity contribution in [1.29, 1.82) is 0 Å². The van der Waals surface area contributed by atoms with E-state index in [-0.39, 0.29) is 30.2 Å². The number of benzene rings is 1. The van der Waals surface area contributed by atoms with Crippen molar-refractivity contribution in [3.8, 4) is 5.75 Å². The Labute approximate surface area is 170 Å². The minimum Gasteiger partial charge on any atom is -0.147 e. The van der Waals surface area contributed by atoms with Crippen molar-refractivity contribution in [2.75, 3.05) is 0 Å². The molecule has 0 saturated carbocycles. The minimum absolute atomic E-state index is 0. The smallest absolute Gasteiger partial charge is 0.147 e. The summed E-state index contributed by atoms with van der Waals surface area (Å²) in [5.74, 6) is 1.07. The summed E-state index contributed by atoms with van der Waals surface area (Å²) in [7, 11) is -1.29. The molecule has 0 unspecified atom stereocenters. The van der Waals surface area contributed by atoms with Gasteiger partial charge in [-0.05, 0) is 0 Å². The van der Waals surface area contributed by atoms with Gasteiger partial charge in [-0.25, -0.2) is 0 Å². The number of rotatable bonds is 4. The molecule has 134 valence electrons. The van der Waals surface area contributed by atoms with Crippen LogP contribution in [0.4, 0.5) is 0 Å².